The monoisotopic (exact) mass is 579 g/mol. The lowest BCUT2D eigenvalue weighted by Crippen LogP contribution is -2.52. The molecule has 0 saturated carbocycles. The molecule has 8 nitrogen and oxygen atoms in total. The van der Waals surface area contributed by atoms with Gasteiger partial charge in [0.2, 0.25) is 0 Å². The zero-order valence-corrected chi connectivity index (χ0v) is 23.1. The van der Waals surface area contributed by atoms with Gasteiger partial charge in [-0.3, -0.25) is 4.79 Å². The third-order valence-electron chi connectivity index (χ3n) is 8.30. The molecule has 0 aliphatic carbocycles. The number of anilines is 1. The van der Waals surface area contributed by atoms with Crippen molar-refractivity contribution in [2.75, 3.05) is 38.2 Å². The molecule has 2 N–H and O–H groups in total. The molecule has 2 aromatic rings. The average molecular weight is 580 g/mol. The van der Waals surface area contributed by atoms with Gasteiger partial charge in [-0.25, -0.2) is 4.39 Å². The van der Waals surface area contributed by atoms with Crippen LogP contribution in [0, 0.1) is 6.92 Å². The standard InChI is InChI=1S/C29H37F4N5O3/c1-18-25(34-15-22-3-2-4-26(41-22)19-5-7-20(8-6-19)29(31,32)33)16-35-37-27(18)28(39)38-12-9-21(10-13-38)36-24-11-14-40-17-23(24)30/h5-8,16,21-24,26,36H,2-4,9-15,17H2,1H3,(H,34,37)/t22?,23?,24?,26-/m0/s1. The molecule has 0 bridgehead atoms. The van der Waals surface area contributed by atoms with E-state index in [0.717, 1.165) is 49.8 Å². The maximum atomic E-state index is 14.1. The Morgan fingerprint density at radius 1 is 1.10 bits per heavy atom. The highest BCUT2D eigenvalue weighted by atomic mass is 19.4. The van der Waals surface area contributed by atoms with E-state index in [9.17, 15) is 22.4 Å². The van der Waals surface area contributed by atoms with E-state index in [4.69, 9.17) is 9.47 Å². The van der Waals surface area contributed by atoms with Gasteiger partial charge in [-0.05, 0) is 63.1 Å². The van der Waals surface area contributed by atoms with Crippen LogP contribution in [0.5, 0.6) is 0 Å². The summed E-state index contributed by atoms with van der Waals surface area (Å²) in [5.41, 5.74) is 1.74. The summed E-state index contributed by atoms with van der Waals surface area (Å²) in [5.74, 6) is -0.178. The van der Waals surface area contributed by atoms with Crippen LogP contribution in [0.4, 0.5) is 23.2 Å². The van der Waals surface area contributed by atoms with E-state index in [-0.39, 0.29) is 36.8 Å². The summed E-state index contributed by atoms with van der Waals surface area (Å²) in [6.45, 7) is 4.09. The molecule has 3 unspecified atom stereocenters. The van der Waals surface area contributed by atoms with Crippen molar-refractivity contribution in [2.24, 2.45) is 0 Å². The van der Waals surface area contributed by atoms with E-state index < -0.39 is 17.9 Å². The van der Waals surface area contributed by atoms with Crippen LogP contribution in [0.25, 0.3) is 0 Å². The highest BCUT2D eigenvalue weighted by molar-refractivity contribution is 5.94. The number of halogens is 4. The number of aromatic nitrogens is 2. The summed E-state index contributed by atoms with van der Waals surface area (Å²) < 4.78 is 64.3. The highest BCUT2D eigenvalue weighted by Crippen LogP contribution is 2.34. The van der Waals surface area contributed by atoms with E-state index in [0.29, 0.717) is 49.6 Å². The zero-order valence-electron chi connectivity index (χ0n) is 23.1. The molecule has 41 heavy (non-hydrogen) atoms. The SMILES string of the molecule is Cc1c(NCC2CCC[C@@H](c3ccc(C(F)(F)F)cc3)O2)cnnc1C(=O)N1CCC(NC2CCOCC2F)CC1. The molecular weight excluding hydrogens is 542 g/mol. The second-order valence-corrected chi connectivity index (χ2v) is 11.1. The molecule has 4 heterocycles. The Morgan fingerprint density at radius 2 is 1.85 bits per heavy atom. The molecule has 4 atom stereocenters. The fourth-order valence-electron chi connectivity index (χ4n) is 5.82. The predicted octanol–water partition coefficient (Wildman–Crippen LogP) is 4.85. The van der Waals surface area contributed by atoms with Crippen LogP contribution in [-0.2, 0) is 15.7 Å². The van der Waals surface area contributed by atoms with Gasteiger partial charge < -0.3 is 25.0 Å². The van der Waals surface area contributed by atoms with Gasteiger partial charge in [0.15, 0.2) is 5.69 Å². The number of hydrogen-bond acceptors (Lipinski definition) is 7. The Morgan fingerprint density at radius 3 is 2.56 bits per heavy atom. The van der Waals surface area contributed by atoms with Crippen LogP contribution in [0.3, 0.4) is 0 Å². The van der Waals surface area contributed by atoms with E-state index in [1.807, 2.05) is 6.92 Å². The van der Waals surface area contributed by atoms with Crippen LogP contribution in [0.1, 0.15) is 71.8 Å². The molecule has 1 aromatic carbocycles. The first-order valence-electron chi connectivity index (χ1n) is 14.3. The molecule has 3 fully saturated rings. The number of likely N-dealkylation sites (tertiary alicyclic amines) is 1. The first-order valence-corrected chi connectivity index (χ1v) is 14.3. The molecule has 1 amide bonds. The molecule has 12 heteroatoms. The fourth-order valence-corrected chi connectivity index (χ4v) is 5.82. The minimum absolute atomic E-state index is 0.129. The van der Waals surface area contributed by atoms with Crippen molar-refractivity contribution >= 4 is 11.6 Å². The van der Waals surface area contributed by atoms with Crippen molar-refractivity contribution in [3.8, 4) is 0 Å². The lowest BCUT2D eigenvalue weighted by atomic mass is 9.97. The number of carbonyl (C=O) groups excluding carboxylic acids is 1. The normalized spacial score (nSPS) is 26.1. The summed E-state index contributed by atoms with van der Waals surface area (Å²) in [4.78, 5) is 15.1. The van der Waals surface area contributed by atoms with Crippen molar-refractivity contribution in [3.05, 3.63) is 52.8 Å². The number of nitrogens with zero attached hydrogens (tertiary/aromatic N) is 3. The first kappa shape index (κ1) is 29.7. The fraction of sp³-hybridized carbons (Fsp3) is 0.621. The Hall–Kier alpha value is -2.83. The van der Waals surface area contributed by atoms with Gasteiger partial charge >= 0.3 is 6.18 Å². The second-order valence-electron chi connectivity index (χ2n) is 11.1. The minimum atomic E-state index is -4.37. The summed E-state index contributed by atoms with van der Waals surface area (Å²) >= 11 is 0. The molecule has 5 rings (SSSR count). The summed E-state index contributed by atoms with van der Waals surface area (Å²) in [7, 11) is 0. The maximum absolute atomic E-state index is 14.1. The molecule has 0 spiro atoms. The second kappa shape index (κ2) is 13.0. The predicted molar refractivity (Wildman–Crippen MR) is 144 cm³/mol. The summed E-state index contributed by atoms with van der Waals surface area (Å²) in [5, 5.41) is 14.9. The van der Waals surface area contributed by atoms with E-state index in [2.05, 4.69) is 20.8 Å². The number of amides is 1. The molecule has 224 valence electrons. The lowest BCUT2D eigenvalue weighted by molar-refractivity contribution is -0.137. The quantitative estimate of drug-likeness (QED) is 0.454. The number of piperidine rings is 1. The maximum Gasteiger partial charge on any atom is 0.416 e. The number of ether oxygens (including phenoxy) is 2. The Kier molecular flexibility index (Phi) is 9.40. The molecular formula is C29H37F4N5O3. The number of carbonyl (C=O) groups is 1. The molecule has 3 aliphatic heterocycles. The third kappa shape index (κ3) is 7.34. The number of alkyl halides is 4. The van der Waals surface area contributed by atoms with Gasteiger partial charge in [0.25, 0.3) is 5.91 Å². The van der Waals surface area contributed by atoms with Crippen LogP contribution < -0.4 is 10.6 Å². The van der Waals surface area contributed by atoms with Crippen LogP contribution in [0.15, 0.2) is 30.5 Å². The summed E-state index contributed by atoms with van der Waals surface area (Å²) in [6.07, 6.45) is 0.356. The van der Waals surface area contributed by atoms with Gasteiger partial charge in [-0.1, -0.05) is 12.1 Å². The third-order valence-corrected chi connectivity index (χ3v) is 8.30. The first-order chi connectivity index (χ1) is 19.7. The number of nitrogens with one attached hydrogen (secondary N) is 2. The smallest absolute Gasteiger partial charge is 0.381 e. The Balaban J connectivity index is 1.13. The van der Waals surface area contributed by atoms with Crippen molar-refractivity contribution in [2.45, 2.75) is 82.1 Å². The van der Waals surface area contributed by atoms with Gasteiger partial charge in [-0.15, -0.1) is 5.10 Å². The van der Waals surface area contributed by atoms with Crippen molar-refractivity contribution in [1.29, 1.82) is 0 Å². The molecule has 3 aliphatic rings. The van der Waals surface area contributed by atoms with E-state index in [1.54, 1.807) is 11.1 Å². The van der Waals surface area contributed by atoms with Gasteiger partial charge in [0, 0.05) is 43.9 Å². The van der Waals surface area contributed by atoms with Crippen molar-refractivity contribution in [3.63, 3.8) is 0 Å². The largest absolute Gasteiger partial charge is 0.416 e. The molecule has 0 radical (unpaired) electrons. The minimum Gasteiger partial charge on any atom is -0.381 e. The Bertz CT molecular complexity index is 1170. The zero-order chi connectivity index (χ0) is 29.0. The van der Waals surface area contributed by atoms with Gasteiger partial charge in [-0.2, -0.15) is 18.3 Å². The number of rotatable bonds is 7. The van der Waals surface area contributed by atoms with E-state index in [1.165, 1.54) is 12.1 Å². The number of benzene rings is 1. The Labute approximate surface area is 237 Å². The van der Waals surface area contributed by atoms with E-state index >= 15 is 0 Å². The van der Waals surface area contributed by atoms with Gasteiger partial charge in [0.1, 0.15) is 6.17 Å². The van der Waals surface area contributed by atoms with Crippen molar-refractivity contribution < 1.29 is 31.8 Å². The average Bonchev–Trinajstić information content (AvgIpc) is 2.98. The van der Waals surface area contributed by atoms with Gasteiger partial charge in [0.05, 0.1) is 36.3 Å². The lowest BCUT2D eigenvalue weighted by Gasteiger charge is -2.36. The van der Waals surface area contributed by atoms with Crippen molar-refractivity contribution in [1.82, 2.24) is 20.4 Å². The van der Waals surface area contributed by atoms with Crippen LogP contribution >= 0.6 is 0 Å². The molecule has 3 saturated heterocycles. The highest BCUT2D eigenvalue weighted by Gasteiger charge is 2.32. The number of hydrogen-bond donors (Lipinski definition) is 2. The van der Waals surface area contributed by atoms with Crippen LogP contribution in [0.2, 0.25) is 0 Å². The van der Waals surface area contributed by atoms with Crippen LogP contribution in [-0.4, -0.2) is 78.2 Å². The topological polar surface area (TPSA) is 88.6 Å². The molecule has 1 aromatic heterocycles. The summed E-state index contributed by atoms with van der Waals surface area (Å²) in [6, 6.07) is 5.11.